The van der Waals surface area contributed by atoms with Crippen LogP contribution < -0.4 is 10.1 Å². The lowest BCUT2D eigenvalue weighted by Crippen LogP contribution is -2.08. The fourth-order valence-corrected chi connectivity index (χ4v) is 1.92. The molecule has 1 aromatic heterocycles. The van der Waals surface area contributed by atoms with Crippen molar-refractivity contribution in [2.75, 3.05) is 11.9 Å². The van der Waals surface area contributed by atoms with Crippen molar-refractivity contribution in [1.29, 1.82) is 0 Å². The number of ether oxygens (including phenoxy) is 1. The Balaban J connectivity index is 2.03. The van der Waals surface area contributed by atoms with Gasteiger partial charge in [-0.15, -0.1) is 0 Å². The predicted molar refractivity (Wildman–Crippen MR) is 87.2 cm³/mol. The Kier molecular flexibility index (Phi) is 5.51. The maximum atomic E-state index is 11.8. The second-order valence-corrected chi connectivity index (χ2v) is 5.07. The summed E-state index contributed by atoms with van der Waals surface area (Å²) >= 11 is 3.29. The van der Waals surface area contributed by atoms with Crippen LogP contribution >= 0.6 is 15.9 Å². The van der Waals surface area contributed by atoms with Gasteiger partial charge in [-0.25, -0.2) is 4.98 Å². The maximum Gasteiger partial charge on any atom is 0.249 e. The molecule has 4 nitrogen and oxygen atoms in total. The lowest BCUT2D eigenvalue weighted by atomic mass is 10.2. The number of amides is 1. The minimum atomic E-state index is -0.240. The molecule has 0 saturated carbocycles. The van der Waals surface area contributed by atoms with E-state index in [1.165, 1.54) is 6.08 Å². The summed E-state index contributed by atoms with van der Waals surface area (Å²) in [7, 11) is 0. The zero-order valence-electron chi connectivity index (χ0n) is 11.5. The number of aromatic nitrogens is 1. The first-order valence-corrected chi connectivity index (χ1v) is 7.31. The molecule has 0 spiro atoms. The van der Waals surface area contributed by atoms with Gasteiger partial charge in [-0.3, -0.25) is 4.79 Å². The first kappa shape index (κ1) is 15.3. The van der Waals surface area contributed by atoms with E-state index in [9.17, 15) is 4.79 Å². The summed E-state index contributed by atoms with van der Waals surface area (Å²) in [6, 6.07) is 11.1. The fraction of sp³-hybridized carbons (Fsp3) is 0.125. The third kappa shape index (κ3) is 4.72. The number of nitrogens with one attached hydrogen (secondary N) is 1. The smallest absolute Gasteiger partial charge is 0.249 e. The summed E-state index contributed by atoms with van der Waals surface area (Å²) in [5.41, 5.74) is 0.860. The van der Waals surface area contributed by atoms with E-state index in [0.717, 1.165) is 15.8 Å². The van der Waals surface area contributed by atoms with Gasteiger partial charge in [0.05, 0.1) is 6.61 Å². The van der Waals surface area contributed by atoms with Gasteiger partial charge in [-0.2, -0.15) is 0 Å². The molecular weight excluding hydrogens is 332 g/mol. The number of nitrogens with zero attached hydrogens (tertiary/aromatic N) is 1. The van der Waals surface area contributed by atoms with Crippen molar-refractivity contribution in [3.63, 3.8) is 0 Å². The molecule has 2 aromatic rings. The molecule has 1 heterocycles. The Hall–Kier alpha value is -2.14. The lowest BCUT2D eigenvalue weighted by molar-refractivity contribution is -0.111. The van der Waals surface area contributed by atoms with Crippen LogP contribution in [-0.2, 0) is 4.79 Å². The number of benzene rings is 1. The Labute approximate surface area is 132 Å². The van der Waals surface area contributed by atoms with E-state index < -0.39 is 0 Å². The first-order chi connectivity index (χ1) is 10.2. The van der Waals surface area contributed by atoms with Gasteiger partial charge in [0.1, 0.15) is 11.6 Å². The summed E-state index contributed by atoms with van der Waals surface area (Å²) in [5.74, 6) is 1.02. The number of carbonyl (C=O) groups excluding carboxylic acids is 1. The monoisotopic (exact) mass is 346 g/mol. The van der Waals surface area contributed by atoms with Crippen LogP contribution in [0.1, 0.15) is 12.5 Å². The van der Waals surface area contributed by atoms with Crippen LogP contribution in [-0.4, -0.2) is 17.5 Å². The first-order valence-electron chi connectivity index (χ1n) is 6.51. The molecular formula is C16H15BrN2O2. The molecule has 0 atom stereocenters. The topological polar surface area (TPSA) is 51.2 Å². The van der Waals surface area contributed by atoms with Gasteiger partial charge >= 0.3 is 0 Å². The zero-order chi connectivity index (χ0) is 15.1. The van der Waals surface area contributed by atoms with E-state index in [1.54, 1.807) is 18.3 Å². The highest BCUT2D eigenvalue weighted by atomic mass is 79.9. The molecule has 0 fully saturated rings. The van der Waals surface area contributed by atoms with Crippen molar-refractivity contribution in [1.82, 2.24) is 4.98 Å². The van der Waals surface area contributed by atoms with Gasteiger partial charge in [-0.05, 0) is 47.1 Å². The normalized spacial score (nSPS) is 10.6. The summed E-state index contributed by atoms with van der Waals surface area (Å²) in [6.45, 7) is 2.51. The van der Waals surface area contributed by atoms with Crippen LogP contribution in [0.2, 0.25) is 0 Å². The predicted octanol–water partition coefficient (Wildman–Crippen LogP) is 3.89. The molecule has 1 N–H and O–H groups in total. The van der Waals surface area contributed by atoms with Gasteiger partial charge in [0.25, 0.3) is 0 Å². The third-order valence-corrected chi connectivity index (χ3v) is 3.08. The van der Waals surface area contributed by atoms with E-state index in [2.05, 4.69) is 26.2 Å². The molecule has 0 radical (unpaired) electrons. The largest absolute Gasteiger partial charge is 0.493 e. The van der Waals surface area contributed by atoms with Gasteiger partial charge in [0.2, 0.25) is 5.91 Å². The standard InChI is InChI=1S/C16H15BrN2O2/c1-2-21-14-6-4-3-5-12(14)7-10-16(20)19-15-9-8-13(17)11-18-15/h3-11H,2H2,1H3,(H,18,19,20)/b10-7+. The lowest BCUT2D eigenvalue weighted by Gasteiger charge is -2.06. The highest BCUT2D eigenvalue weighted by Crippen LogP contribution is 2.19. The molecule has 2 rings (SSSR count). The molecule has 0 aliphatic carbocycles. The molecule has 0 aliphatic heterocycles. The molecule has 21 heavy (non-hydrogen) atoms. The highest BCUT2D eigenvalue weighted by Gasteiger charge is 2.01. The van der Waals surface area contributed by atoms with Crippen LogP contribution in [0.3, 0.4) is 0 Å². The van der Waals surface area contributed by atoms with Crippen LogP contribution in [0.4, 0.5) is 5.82 Å². The molecule has 0 aliphatic rings. The van der Waals surface area contributed by atoms with Crippen molar-refractivity contribution in [3.8, 4) is 5.75 Å². The zero-order valence-corrected chi connectivity index (χ0v) is 13.1. The number of hydrogen-bond donors (Lipinski definition) is 1. The SMILES string of the molecule is CCOc1ccccc1/C=C/C(=O)Nc1ccc(Br)cn1. The van der Waals surface area contributed by atoms with Gasteiger partial charge < -0.3 is 10.1 Å². The number of pyridine rings is 1. The number of rotatable bonds is 5. The quantitative estimate of drug-likeness (QED) is 0.835. The number of halogens is 1. The van der Waals surface area contributed by atoms with E-state index in [-0.39, 0.29) is 5.91 Å². The average Bonchev–Trinajstić information content (AvgIpc) is 2.49. The summed E-state index contributed by atoms with van der Waals surface area (Å²) < 4.78 is 6.36. The summed E-state index contributed by atoms with van der Waals surface area (Å²) in [5, 5.41) is 2.69. The van der Waals surface area contributed by atoms with Crippen molar-refractivity contribution in [2.45, 2.75) is 6.92 Å². The number of hydrogen-bond acceptors (Lipinski definition) is 3. The molecule has 1 amide bonds. The Bertz CT molecular complexity index is 639. The highest BCUT2D eigenvalue weighted by molar-refractivity contribution is 9.10. The number of anilines is 1. The molecule has 0 saturated heterocycles. The van der Waals surface area contributed by atoms with E-state index >= 15 is 0 Å². The second-order valence-electron chi connectivity index (χ2n) is 4.16. The molecule has 5 heteroatoms. The van der Waals surface area contributed by atoms with Crippen molar-refractivity contribution in [2.24, 2.45) is 0 Å². The Morgan fingerprint density at radius 1 is 1.33 bits per heavy atom. The van der Waals surface area contributed by atoms with Gasteiger partial charge in [0.15, 0.2) is 0 Å². The van der Waals surface area contributed by atoms with Crippen molar-refractivity contribution in [3.05, 3.63) is 58.7 Å². The third-order valence-electron chi connectivity index (χ3n) is 2.61. The van der Waals surface area contributed by atoms with Crippen molar-refractivity contribution < 1.29 is 9.53 Å². The molecule has 108 valence electrons. The number of para-hydroxylation sites is 1. The average molecular weight is 347 g/mol. The summed E-state index contributed by atoms with van der Waals surface area (Å²) in [6.07, 6.45) is 4.81. The van der Waals surface area contributed by atoms with E-state index in [0.29, 0.717) is 12.4 Å². The van der Waals surface area contributed by atoms with Crippen LogP contribution in [0.25, 0.3) is 6.08 Å². The molecule has 0 unspecified atom stereocenters. The fourth-order valence-electron chi connectivity index (χ4n) is 1.69. The van der Waals surface area contributed by atoms with Crippen molar-refractivity contribution >= 4 is 33.7 Å². The summed E-state index contributed by atoms with van der Waals surface area (Å²) in [4.78, 5) is 15.9. The molecule has 0 bridgehead atoms. The van der Waals surface area contributed by atoms with Crippen LogP contribution in [0.15, 0.2) is 53.1 Å². The number of carbonyl (C=O) groups is 1. The maximum absolute atomic E-state index is 11.8. The minimum absolute atomic E-state index is 0.240. The van der Waals surface area contributed by atoms with Crippen LogP contribution in [0, 0.1) is 0 Å². The Morgan fingerprint density at radius 3 is 2.86 bits per heavy atom. The van der Waals surface area contributed by atoms with Gasteiger partial charge in [-0.1, -0.05) is 18.2 Å². The van der Waals surface area contributed by atoms with Gasteiger partial charge in [0, 0.05) is 22.3 Å². The van der Waals surface area contributed by atoms with E-state index in [4.69, 9.17) is 4.74 Å². The minimum Gasteiger partial charge on any atom is -0.493 e. The molecule has 1 aromatic carbocycles. The van der Waals surface area contributed by atoms with Crippen LogP contribution in [0.5, 0.6) is 5.75 Å². The second kappa shape index (κ2) is 7.59. The Morgan fingerprint density at radius 2 is 2.14 bits per heavy atom. The van der Waals surface area contributed by atoms with E-state index in [1.807, 2.05) is 37.3 Å².